The Morgan fingerprint density at radius 1 is 0.875 bits per heavy atom. The van der Waals surface area contributed by atoms with E-state index in [9.17, 15) is 5.11 Å². The molecule has 0 amide bonds. The predicted octanol–water partition coefficient (Wildman–Crippen LogP) is 3.15. The van der Waals surface area contributed by atoms with Gasteiger partial charge in [-0.25, -0.2) is 0 Å². The van der Waals surface area contributed by atoms with Crippen molar-refractivity contribution >= 4 is 23.2 Å². The van der Waals surface area contributed by atoms with Gasteiger partial charge >= 0.3 is 0 Å². The Morgan fingerprint density at radius 3 is 1.79 bits per heavy atom. The highest BCUT2D eigenvalue weighted by Gasteiger charge is 2.52. The van der Waals surface area contributed by atoms with E-state index in [1.807, 2.05) is 48.5 Å². The fourth-order valence-corrected chi connectivity index (χ4v) is 5.27. The number of hydrogen-bond donors (Lipinski definition) is 2. The molecular formula is C20H22Cl2NO+. The molecule has 0 saturated carbocycles. The molecule has 0 radical (unpaired) electrons. The van der Waals surface area contributed by atoms with Crippen LogP contribution in [-0.2, 0) is 5.60 Å². The minimum Gasteiger partial charge on any atom is -0.380 e. The number of aliphatic hydroxyl groups is 1. The quantitative estimate of drug-likeness (QED) is 0.861. The molecule has 24 heavy (non-hydrogen) atoms. The van der Waals surface area contributed by atoms with E-state index in [-0.39, 0.29) is 5.92 Å². The molecule has 1 atom stereocenters. The molecule has 0 aliphatic carbocycles. The lowest BCUT2D eigenvalue weighted by Crippen LogP contribution is -3.16. The van der Waals surface area contributed by atoms with E-state index >= 15 is 0 Å². The molecule has 0 aromatic heterocycles. The zero-order chi connectivity index (χ0) is 16.7. The van der Waals surface area contributed by atoms with Gasteiger partial charge in [0.25, 0.3) is 0 Å². The minimum absolute atomic E-state index is 0.134. The summed E-state index contributed by atoms with van der Waals surface area (Å²) in [5.41, 5.74) is 0.406. The van der Waals surface area contributed by atoms with Crippen LogP contribution in [0.15, 0.2) is 48.5 Å². The molecule has 2 N–H and O–H groups in total. The summed E-state index contributed by atoms with van der Waals surface area (Å²) >= 11 is 13.0. The first kappa shape index (κ1) is 16.4. The summed E-state index contributed by atoms with van der Waals surface area (Å²) in [6.45, 7) is 3.39. The van der Waals surface area contributed by atoms with Crippen molar-refractivity contribution < 1.29 is 10.0 Å². The van der Waals surface area contributed by atoms with Crippen molar-refractivity contribution in [3.8, 4) is 0 Å². The van der Waals surface area contributed by atoms with E-state index < -0.39 is 5.60 Å². The van der Waals surface area contributed by atoms with Gasteiger partial charge in [-0.15, -0.1) is 0 Å². The lowest BCUT2D eigenvalue weighted by Gasteiger charge is -2.49. The number of hydrogen-bond acceptors (Lipinski definition) is 1. The van der Waals surface area contributed by atoms with Gasteiger partial charge in [-0.2, -0.15) is 0 Å². The van der Waals surface area contributed by atoms with Gasteiger partial charge in [0.05, 0.1) is 19.6 Å². The van der Waals surface area contributed by atoms with E-state index in [0.29, 0.717) is 16.0 Å². The molecule has 3 fully saturated rings. The van der Waals surface area contributed by atoms with Crippen LogP contribution in [0, 0.1) is 11.8 Å². The number of quaternary nitrogens is 1. The lowest BCUT2D eigenvalue weighted by atomic mass is 9.65. The van der Waals surface area contributed by atoms with Gasteiger partial charge in [-0.1, -0.05) is 59.6 Å². The SMILES string of the molecule is OC(c1ccccc1Cl)(c1ccccc1Cl)[C@H]1C[NH+]2CCC1CC2. The first-order valence-electron chi connectivity index (χ1n) is 8.66. The number of piperidine rings is 3. The molecule has 0 unspecified atom stereocenters. The summed E-state index contributed by atoms with van der Waals surface area (Å²) in [7, 11) is 0. The Morgan fingerprint density at radius 2 is 1.38 bits per heavy atom. The summed E-state index contributed by atoms with van der Waals surface area (Å²) in [5, 5.41) is 13.3. The van der Waals surface area contributed by atoms with Crippen molar-refractivity contribution in [3.63, 3.8) is 0 Å². The van der Waals surface area contributed by atoms with Crippen molar-refractivity contribution in [2.75, 3.05) is 19.6 Å². The lowest BCUT2D eigenvalue weighted by molar-refractivity contribution is -0.922. The maximum Gasteiger partial charge on any atom is 0.126 e. The van der Waals surface area contributed by atoms with Crippen LogP contribution >= 0.6 is 23.2 Å². The van der Waals surface area contributed by atoms with Gasteiger partial charge in [-0.3, -0.25) is 0 Å². The van der Waals surface area contributed by atoms with Crippen LogP contribution in [0.2, 0.25) is 10.0 Å². The van der Waals surface area contributed by atoms with Gasteiger partial charge in [0.1, 0.15) is 5.60 Å². The smallest absolute Gasteiger partial charge is 0.126 e. The van der Waals surface area contributed by atoms with Crippen LogP contribution in [0.1, 0.15) is 24.0 Å². The van der Waals surface area contributed by atoms with Gasteiger partial charge < -0.3 is 10.0 Å². The van der Waals surface area contributed by atoms with Crippen LogP contribution in [0.4, 0.5) is 0 Å². The van der Waals surface area contributed by atoms with E-state index in [2.05, 4.69) is 0 Å². The fourth-order valence-electron chi connectivity index (χ4n) is 4.71. The number of fused-ring (bicyclic) bond motifs is 3. The summed E-state index contributed by atoms with van der Waals surface area (Å²) in [6, 6.07) is 15.3. The molecule has 3 aliphatic rings. The molecule has 3 aliphatic heterocycles. The van der Waals surface area contributed by atoms with Crippen LogP contribution in [0.5, 0.6) is 0 Å². The number of halogens is 2. The largest absolute Gasteiger partial charge is 0.380 e. The summed E-state index contributed by atoms with van der Waals surface area (Å²) in [5.74, 6) is 0.648. The van der Waals surface area contributed by atoms with E-state index in [1.54, 1.807) is 4.90 Å². The molecule has 126 valence electrons. The average Bonchev–Trinajstić information content (AvgIpc) is 2.63. The van der Waals surface area contributed by atoms with Crippen LogP contribution < -0.4 is 4.90 Å². The molecule has 3 saturated heterocycles. The minimum atomic E-state index is -1.15. The predicted molar refractivity (Wildman–Crippen MR) is 97.7 cm³/mol. The van der Waals surface area contributed by atoms with Crippen LogP contribution in [0.25, 0.3) is 0 Å². The van der Waals surface area contributed by atoms with Crippen LogP contribution in [-0.4, -0.2) is 24.7 Å². The molecule has 4 heteroatoms. The zero-order valence-electron chi connectivity index (χ0n) is 13.5. The maximum atomic E-state index is 12.1. The number of benzene rings is 2. The molecule has 2 nitrogen and oxygen atoms in total. The van der Waals surface area contributed by atoms with E-state index in [4.69, 9.17) is 23.2 Å². The maximum absolute atomic E-state index is 12.1. The Balaban J connectivity index is 1.90. The summed E-state index contributed by atoms with van der Waals surface area (Å²) < 4.78 is 0. The standard InChI is InChI=1S/C20H21Cl2NO/c21-18-7-3-1-5-15(18)20(24,16-6-2-4-8-19(16)22)17-13-23-11-9-14(17)10-12-23/h1-8,14,17,24H,9-13H2/p+1/t17-/m0/s1. The molecule has 0 spiro atoms. The zero-order valence-corrected chi connectivity index (χ0v) is 15.0. The second kappa shape index (κ2) is 6.34. The van der Waals surface area contributed by atoms with E-state index in [1.165, 1.54) is 13.1 Å². The van der Waals surface area contributed by atoms with Gasteiger partial charge in [0, 0.05) is 39.9 Å². The third-order valence-corrected chi connectivity index (χ3v) is 6.58. The molecule has 3 heterocycles. The number of rotatable bonds is 3. The molecule has 2 aromatic rings. The second-order valence-corrected chi connectivity index (χ2v) is 7.94. The van der Waals surface area contributed by atoms with Crippen molar-refractivity contribution in [1.29, 1.82) is 0 Å². The monoisotopic (exact) mass is 362 g/mol. The Hall–Kier alpha value is -1.06. The second-order valence-electron chi connectivity index (χ2n) is 7.12. The first-order valence-corrected chi connectivity index (χ1v) is 9.42. The molecule has 2 aromatic carbocycles. The highest BCUT2D eigenvalue weighted by Crippen LogP contribution is 2.47. The van der Waals surface area contributed by atoms with Gasteiger partial charge in [0.2, 0.25) is 0 Å². The van der Waals surface area contributed by atoms with Gasteiger partial charge in [0.15, 0.2) is 0 Å². The first-order chi connectivity index (χ1) is 11.6. The Labute approximate surface area is 153 Å². The molecule has 2 bridgehead atoms. The number of nitrogens with one attached hydrogen (secondary N) is 1. The average molecular weight is 363 g/mol. The highest BCUT2D eigenvalue weighted by molar-refractivity contribution is 6.32. The normalized spacial score (nSPS) is 26.5. The summed E-state index contributed by atoms with van der Waals surface area (Å²) in [4.78, 5) is 1.58. The molecule has 5 rings (SSSR count). The van der Waals surface area contributed by atoms with Crippen molar-refractivity contribution in [1.82, 2.24) is 0 Å². The fraction of sp³-hybridized carbons (Fsp3) is 0.400. The third kappa shape index (κ3) is 2.57. The molecular weight excluding hydrogens is 341 g/mol. The summed E-state index contributed by atoms with van der Waals surface area (Å²) in [6.07, 6.45) is 2.33. The topological polar surface area (TPSA) is 24.7 Å². The van der Waals surface area contributed by atoms with Crippen LogP contribution in [0.3, 0.4) is 0 Å². The Bertz CT molecular complexity index is 694. The van der Waals surface area contributed by atoms with Gasteiger partial charge in [-0.05, 0) is 18.1 Å². The van der Waals surface area contributed by atoms with Crippen molar-refractivity contribution in [2.45, 2.75) is 18.4 Å². The Kier molecular flexibility index (Phi) is 4.34. The third-order valence-electron chi connectivity index (χ3n) is 5.92. The highest BCUT2D eigenvalue weighted by atomic mass is 35.5. The van der Waals surface area contributed by atoms with E-state index in [0.717, 1.165) is 30.5 Å². The van der Waals surface area contributed by atoms with Crippen molar-refractivity contribution in [3.05, 3.63) is 69.7 Å². The van der Waals surface area contributed by atoms with Crippen molar-refractivity contribution in [2.24, 2.45) is 11.8 Å².